The topological polar surface area (TPSA) is 22.0 Å². The Bertz CT molecular complexity index is 871. The first-order valence-electron chi connectivity index (χ1n) is 7.01. The monoisotopic (exact) mass is 329 g/mol. The smallest absolute Gasteiger partial charge is 0.188 e. The number of nitrogens with zero attached hydrogens (tertiary/aromatic N) is 1. The zero-order valence-corrected chi connectivity index (χ0v) is 14.1. The largest absolute Gasteiger partial charge is 0.339 e. The normalized spacial score (nSPS) is 11.0. The number of halogens is 1. The maximum absolute atomic E-state index is 12.2. The number of carbonyl (C=O) groups excluding carboxylic acids is 1. The summed E-state index contributed by atoms with van der Waals surface area (Å²) in [5.41, 5.74) is 4.03. The predicted molar refractivity (Wildman–Crippen MR) is 94.4 cm³/mol. The Kier molecular flexibility index (Phi) is 3.94. The van der Waals surface area contributed by atoms with Crippen molar-refractivity contribution < 1.29 is 4.79 Å². The number of thiophene rings is 1. The Morgan fingerprint density at radius 2 is 2.00 bits per heavy atom. The average molecular weight is 330 g/mol. The molecule has 0 fully saturated rings. The fourth-order valence-corrected chi connectivity index (χ4v) is 3.97. The van der Waals surface area contributed by atoms with Crippen molar-refractivity contribution in [3.63, 3.8) is 0 Å². The molecule has 0 amide bonds. The summed E-state index contributed by atoms with van der Waals surface area (Å²) in [6, 6.07) is 9.95. The van der Waals surface area contributed by atoms with Gasteiger partial charge < -0.3 is 4.57 Å². The third-order valence-corrected chi connectivity index (χ3v) is 5.12. The molecule has 0 aliphatic heterocycles. The third kappa shape index (κ3) is 2.51. The van der Waals surface area contributed by atoms with Gasteiger partial charge in [-0.3, -0.25) is 4.79 Å². The number of benzene rings is 1. The van der Waals surface area contributed by atoms with Gasteiger partial charge in [0.1, 0.15) is 0 Å². The van der Waals surface area contributed by atoms with Crippen LogP contribution in [0.5, 0.6) is 0 Å². The highest BCUT2D eigenvalue weighted by Crippen LogP contribution is 2.34. The molecule has 112 valence electrons. The van der Waals surface area contributed by atoms with E-state index in [1.54, 1.807) is 11.3 Å². The van der Waals surface area contributed by atoms with Crippen molar-refractivity contribution >= 4 is 38.9 Å². The SMILES string of the molecule is C=CC(=O)c1c(C)n(Cc2ccc(Cl)cc2)c2cc(C)sc12. The van der Waals surface area contributed by atoms with Crippen LogP contribution in [0.3, 0.4) is 0 Å². The quantitative estimate of drug-likeness (QED) is 0.464. The van der Waals surface area contributed by atoms with Crippen molar-refractivity contribution in [1.29, 1.82) is 0 Å². The Balaban J connectivity index is 2.16. The molecule has 0 unspecified atom stereocenters. The average Bonchev–Trinajstić information content (AvgIpc) is 2.97. The van der Waals surface area contributed by atoms with E-state index in [1.165, 1.54) is 11.0 Å². The van der Waals surface area contributed by atoms with Crippen molar-refractivity contribution in [2.45, 2.75) is 20.4 Å². The van der Waals surface area contributed by atoms with E-state index in [9.17, 15) is 4.79 Å². The van der Waals surface area contributed by atoms with Gasteiger partial charge in [-0.25, -0.2) is 0 Å². The highest BCUT2D eigenvalue weighted by atomic mass is 35.5. The van der Waals surface area contributed by atoms with E-state index < -0.39 is 0 Å². The van der Waals surface area contributed by atoms with E-state index in [0.29, 0.717) is 0 Å². The third-order valence-electron chi connectivity index (χ3n) is 3.81. The number of rotatable bonds is 4. The number of aromatic nitrogens is 1. The molecule has 0 aliphatic carbocycles. The molecule has 3 rings (SSSR count). The highest BCUT2D eigenvalue weighted by molar-refractivity contribution is 7.19. The number of carbonyl (C=O) groups is 1. The first kappa shape index (κ1) is 15.1. The van der Waals surface area contributed by atoms with Crippen LogP contribution in [-0.2, 0) is 6.54 Å². The molecule has 22 heavy (non-hydrogen) atoms. The van der Waals surface area contributed by atoms with Crippen molar-refractivity contribution in [2.24, 2.45) is 0 Å². The lowest BCUT2D eigenvalue weighted by molar-refractivity contribution is 0.104. The Labute approximate surface area is 138 Å². The van der Waals surface area contributed by atoms with Crippen molar-refractivity contribution in [2.75, 3.05) is 0 Å². The second-order valence-corrected chi connectivity index (χ2v) is 7.01. The number of aryl methyl sites for hydroxylation is 1. The second kappa shape index (κ2) is 5.75. The maximum Gasteiger partial charge on any atom is 0.188 e. The molecule has 2 aromatic heterocycles. The second-order valence-electron chi connectivity index (χ2n) is 5.31. The number of allylic oxidation sites excluding steroid dienone is 1. The van der Waals surface area contributed by atoms with Crippen LogP contribution in [0.15, 0.2) is 43.0 Å². The minimum absolute atomic E-state index is 0.0146. The van der Waals surface area contributed by atoms with Gasteiger partial charge in [0.2, 0.25) is 0 Å². The Morgan fingerprint density at radius 1 is 1.32 bits per heavy atom. The summed E-state index contributed by atoms with van der Waals surface area (Å²) in [4.78, 5) is 13.4. The van der Waals surface area contributed by atoms with Crippen LogP contribution >= 0.6 is 22.9 Å². The molecule has 0 bridgehead atoms. The molecule has 2 heterocycles. The van der Waals surface area contributed by atoms with Gasteiger partial charge in [0.25, 0.3) is 0 Å². The molecule has 0 aliphatic rings. The lowest BCUT2D eigenvalue weighted by Crippen LogP contribution is -2.04. The summed E-state index contributed by atoms with van der Waals surface area (Å²) in [5.74, 6) is -0.0146. The molecule has 0 saturated heterocycles. The molecule has 0 atom stereocenters. The van der Waals surface area contributed by atoms with Crippen LogP contribution in [0.1, 0.15) is 26.5 Å². The standard InChI is InChI=1S/C18H16ClNOS/c1-4-16(21)17-12(3)20(15-9-11(2)22-18(15)17)10-13-5-7-14(19)8-6-13/h4-9H,1,10H2,2-3H3. The van der Waals surface area contributed by atoms with E-state index in [2.05, 4.69) is 24.1 Å². The minimum atomic E-state index is -0.0146. The molecule has 0 saturated carbocycles. The Morgan fingerprint density at radius 3 is 2.64 bits per heavy atom. The summed E-state index contributed by atoms with van der Waals surface area (Å²) < 4.78 is 3.24. The van der Waals surface area contributed by atoms with E-state index in [4.69, 9.17) is 11.6 Å². The number of hydrogen-bond donors (Lipinski definition) is 0. The van der Waals surface area contributed by atoms with Gasteiger partial charge >= 0.3 is 0 Å². The molecular formula is C18H16ClNOS. The van der Waals surface area contributed by atoms with Gasteiger partial charge in [-0.15, -0.1) is 11.3 Å². The van der Waals surface area contributed by atoms with E-state index in [1.807, 2.05) is 31.2 Å². The lowest BCUT2D eigenvalue weighted by atomic mass is 10.1. The van der Waals surface area contributed by atoms with Crippen LogP contribution < -0.4 is 0 Å². The van der Waals surface area contributed by atoms with Crippen LogP contribution in [-0.4, -0.2) is 10.4 Å². The molecule has 0 N–H and O–H groups in total. The lowest BCUT2D eigenvalue weighted by Gasteiger charge is -2.08. The van der Waals surface area contributed by atoms with Gasteiger partial charge in [0.05, 0.1) is 15.8 Å². The van der Waals surface area contributed by atoms with E-state index in [-0.39, 0.29) is 5.78 Å². The van der Waals surface area contributed by atoms with Gasteiger partial charge in [-0.05, 0) is 43.7 Å². The molecule has 2 nitrogen and oxygen atoms in total. The zero-order chi connectivity index (χ0) is 15.9. The van der Waals surface area contributed by atoms with Crippen LogP contribution in [0.4, 0.5) is 0 Å². The number of hydrogen-bond acceptors (Lipinski definition) is 2. The summed E-state index contributed by atoms with van der Waals surface area (Å²) in [7, 11) is 0. The van der Waals surface area contributed by atoms with Crippen molar-refractivity contribution in [1.82, 2.24) is 4.57 Å². The molecular weight excluding hydrogens is 314 g/mol. The summed E-state index contributed by atoms with van der Waals surface area (Å²) >= 11 is 7.61. The highest BCUT2D eigenvalue weighted by Gasteiger charge is 2.20. The van der Waals surface area contributed by atoms with Crippen LogP contribution in [0.2, 0.25) is 5.02 Å². The molecule has 0 radical (unpaired) electrons. The minimum Gasteiger partial charge on any atom is -0.339 e. The van der Waals surface area contributed by atoms with Crippen LogP contribution in [0.25, 0.3) is 10.2 Å². The van der Waals surface area contributed by atoms with Gasteiger partial charge in [0, 0.05) is 22.1 Å². The summed E-state index contributed by atoms with van der Waals surface area (Å²) in [5, 5.41) is 0.729. The summed E-state index contributed by atoms with van der Waals surface area (Å²) in [6.45, 7) is 8.41. The van der Waals surface area contributed by atoms with Gasteiger partial charge in [-0.1, -0.05) is 30.3 Å². The maximum atomic E-state index is 12.2. The van der Waals surface area contributed by atoms with Gasteiger partial charge in [0.15, 0.2) is 5.78 Å². The Hall–Kier alpha value is -1.84. The van der Waals surface area contributed by atoms with Gasteiger partial charge in [-0.2, -0.15) is 0 Å². The fraction of sp³-hybridized carbons (Fsp3) is 0.167. The predicted octanol–water partition coefficient (Wildman–Crippen LogP) is 5.39. The fourth-order valence-electron chi connectivity index (χ4n) is 2.73. The first-order chi connectivity index (χ1) is 10.5. The van der Waals surface area contributed by atoms with E-state index in [0.717, 1.165) is 38.6 Å². The zero-order valence-electron chi connectivity index (χ0n) is 12.5. The van der Waals surface area contributed by atoms with Crippen LogP contribution in [0, 0.1) is 13.8 Å². The number of fused-ring (bicyclic) bond motifs is 1. The first-order valence-corrected chi connectivity index (χ1v) is 8.21. The van der Waals surface area contributed by atoms with E-state index >= 15 is 0 Å². The molecule has 3 aromatic rings. The number of ketones is 1. The van der Waals surface area contributed by atoms with Crippen molar-refractivity contribution in [3.8, 4) is 0 Å². The molecule has 0 spiro atoms. The molecule has 4 heteroatoms. The summed E-state index contributed by atoms with van der Waals surface area (Å²) in [6.07, 6.45) is 1.39. The van der Waals surface area contributed by atoms with Crippen molar-refractivity contribution in [3.05, 3.63) is 69.7 Å². The molecule has 1 aromatic carbocycles.